The average Bonchev–Trinajstić information content (AvgIpc) is 2.83. The summed E-state index contributed by atoms with van der Waals surface area (Å²) in [6.07, 6.45) is 1.68. The van der Waals surface area contributed by atoms with E-state index in [2.05, 4.69) is 38.2 Å². The van der Waals surface area contributed by atoms with Crippen LogP contribution in [0.1, 0.15) is 49.4 Å². The lowest BCUT2D eigenvalue weighted by Gasteiger charge is -2.25. The Morgan fingerprint density at radius 3 is 2.44 bits per heavy atom. The highest BCUT2D eigenvalue weighted by molar-refractivity contribution is 6.42. The van der Waals surface area contributed by atoms with E-state index in [4.69, 9.17) is 27.9 Å². The normalized spacial score (nSPS) is 13.1. The molecule has 7 heteroatoms. The Hall–Kier alpha value is -2.76. The molecule has 1 amide bonds. The van der Waals surface area contributed by atoms with Gasteiger partial charge in [0, 0.05) is 25.7 Å². The van der Waals surface area contributed by atoms with Crippen LogP contribution in [0.3, 0.4) is 0 Å². The standard InChI is InChI=1S/C29H31Cl2FN2O2/c1-29(2,3)22-9-6-20(7-10-22)18-34(14-12-19-8-11-24(30)25(31)15-19)28(35)36-26-17-23(32)16-21-5-4-13-33-27(21)26/h6-11,15-17,33H,4-5,12-14,18H2,1-3H3. The van der Waals surface area contributed by atoms with Gasteiger partial charge in [-0.2, -0.15) is 0 Å². The molecule has 1 aliphatic rings. The van der Waals surface area contributed by atoms with Crippen molar-refractivity contribution >= 4 is 35.0 Å². The molecule has 1 aliphatic heterocycles. The van der Waals surface area contributed by atoms with Crippen LogP contribution in [-0.2, 0) is 24.8 Å². The fourth-order valence-corrected chi connectivity index (χ4v) is 4.61. The van der Waals surface area contributed by atoms with Crippen molar-refractivity contribution in [2.45, 2.75) is 52.0 Å². The quantitative estimate of drug-likeness (QED) is 0.352. The summed E-state index contributed by atoms with van der Waals surface area (Å²) in [7, 11) is 0. The van der Waals surface area contributed by atoms with E-state index in [9.17, 15) is 9.18 Å². The van der Waals surface area contributed by atoms with Crippen LogP contribution in [0.15, 0.2) is 54.6 Å². The van der Waals surface area contributed by atoms with Gasteiger partial charge < -0.3 is 15.0 Å². The number of halogens is 3. The molecule has 0 fully saturated rings. The molecule has 3 aromatic carbocycles. The SMILES string of the molecule is CC(C)(C)c1ccc(CN(CCc2ccc(Cl)c(Cl)c2)C(=O)Oc2cc(F)cc3c2NCCC3)cc1. The van der Waals surface area contributed by atoms with Gasteiger partial charge in [0.2, 0.25) is 0 Å². The number of nitrogens with one attached hydrogen (secondary N) is 1. The number of ether oxygens (including phenoxy) is 1. The highest BCUT2D eigenvalue weighted by atomic mass is 35.5. The first-order valence-electron chi connectivity index (χ1n) is 12.2. The molecule has 0 aromatic heterocycles. The Kier molecular flexibility index (Phi) is 8.11. The fourth-order valence-electron chi connectivity index (χ4n) is 4.29. The third-order valence-electron chi connectivity index (χ3n) is 6.38. The molecule has 4 nitrogen and oxygen atoms in total. The molecule has 0 radical (unpaired) electrons. The van der Waals surface area contributed by atoms with Gasteiger partial charge in [-0.25, -0.2) is 9.18 Å². The first-order valence-corrected chi connectivity index (χ1v) is 12.9. The van der Waals surface area contributed by atoms with Gasteiger partial charge in [0.15, 0.2) is 5.75 Å². The first kappa shape index (κ1) is 26.3. The van der Waals surface area contributed by atoms with E-state index < -0.39 is 11.9 Å². The van der Waals surface area contributed by atoms with Crippen molar-refractivity contribution in [1.29, 1.82) is 0 Å². The lowest BCUT2D eigenvalue weighted by atomic mass is 9.87. The zero-order valence-electron chi connectivity index (χ0n) is 20.8. The van der Waals surface area contributed by atoms with E-state index in [1.165, 1.54) is 17.7 Å². The molecule has 36 heavy (non-hydrogen) atoms. The van der Waals surface area contributed by atoms with Gasteiger partial charge >= 0.3 is 6.09 Å². The van der Waals surface area contributed by atoms with Crippen LogP contribution in [-0.4, -0.2) is 24.1 Å². The molecule has 1 heterocycles. The van der Waals surface area contributed by atoms with Crippen molar-refractivity contribution in [3.05, 3.63) is 92.7 Å². The Balaban J connectivity index is 1.56. The molecule has 1 N–H and O–H groups in total. The van der Waals surface area contributed by atoms with Crippen LogP contribution >= 0.6 is 23.2 Å². The maximum atomic E-state index is 14.3. The lowest BCUT2D eigenvalue weighted by Crippen LogP contribution is -2.35. The predicted molar refractivity (Wildman–Crippen MR) is 145 cm³/mol. The largest absolute Gasteiger partial charge is 0.415 e. The average molecular weight is 529 g/mol. The van der Waals surface area contributed by atoms with Gasteiger partial charge in [0.25, 0.3) is 0 Å². The zero-order chi connectivity index (χ0) is 25.9. The van der Waals surface area contributed by atoms with Crippen LogP contribution in [0.4, 0.5) is 14.9 Å². The van der Waals surface area contributed by atoms with E-state index in [-0.39, 0.29) is 11.2 Å². The second kappa shape index (κ2) is 11.1. The second-order valence-electron chi connectivity index (χ2n) is 10.2. The number of hydrogen-bond acceptors (Lipinski definition) is 3. The van der Waals surface area contributed by atoms with Gasteiger partial charge in [-0.1, -0.05) is 74.3 Å². The fraction of sp³-hybridized carbons (Fsp3) is 0.345. The molecule has 0 saturated carbocycles. The summed E-state index contributed by atoms with van der Waals surface area (Å²) in [4.78, 5) is 15.0. The van der Waals surface area contributed by atoms with Crippen molar-refractivity contribution in [2.24, 2.45) is 0 Å². The Bertz CT molecular complexity index is 1240. The summed E-state index contributed by atoms with van der Waals surface area (Å²) >= 11 is 12.2. The number of hydrogen-bond donors (Lipinski definition) is 1. The summed E-state index contributed by atoms with van der Waals surface area (Å²) in [5.41, 5.74) is 4.70. The number of aryl methyl sites for hydroxylation is 1. The Morgan fingerprint density at radius 1 is 1.03 bits per heavy atom. The van der Waals surface area contributed by atoms with Crippen molar-refractivity contribution in [2.75, 3.05) is 18.4 Å². The van der Waals surface area contributed by atoms with Crippen molar-refractivity contribution in [1.82, 2.24) is 4.90 Å². The number of fused-ring (bicyclic) bond motifs is 1. The van der Waals surface area contributed by atoms with E-state index in [1.54, 1.807) is 17.0 Å². The van der Waals surface area contributed by atoms with Crippen molar-refractivity contribution in [3.8, 4) is 5.75 Å². The molecular formula is C29H31Cl2FN2O2. The van der Waals surface area contributed by atoms with Crippen molar-refractivity contribution in [3.63, 3.8) is 0 Å². The molecule has 190 valence electrons. The number of anilines is 1. The monoisotopic (exact) mass is 528 g/mol. The lowest BCUT2D eigenvalue weighted by molar-refractivity contribution is 0.150. The highest BCUT2D eigenvalue weighted by Crippen LogP contribution is 2.34. The van der Waals surface area contributed by atoms with Crippen LogP contribution in [0.5, 0.6) is 5.75 Å². The van der Waals surface area contributed by atoms with Crippen LogP contribution < -0.4 is 10.1 Å². The van der Waals surface area contributed by atoms with Gasteiger partial charge in [-0.05, 0) is 65.1 Å². The topological polar surface area (TPSA) is 41.6 Å². The minimum Gasteiger partial charge on any atom is -0.408 e. The second-order valence-corrected chi connectivity index (χ2v) is 11.0. The van der Waals surface area contributed by atoms with E-state index in [1.807, 2.05) is 18.2 Å². The number of rotatable bonds is 6. The van der Waals surface area contributed by atoms with E-state index in [0.717, 1.165) is 36.1 Å². The predicted octanol–water partition coefficient (Wildman–Crippen LogP) is 8.03. The molecular weight excluding hydrogens is 498 g/mol. The number of carbonyl (C=O) groups excluding carboxylic acids is 1. The van der Waals surface area contributed by atoms with Gasteiger partial charge in [-0.15, -0.1) is 0 Å². The minimum absolute atomic E-state index is 0.0362. The molecule has 0 atom stereocenters. The van der Waals surface area contributed by atoms with E-state index in [0.29, 0.717) is 35.2 Å². The molecule has 4 rings (SSSR count). The van der Waals surface area contributed by atoms with Crippen LogP contribution in [0, 0.1) is 5.82 Å². The van der Waals surface area contributed by atoms with Gasteiger partial charge in [-0.3, -0.25) is 0 Å². The number of nitrogens with zero attached hydrogens (tertiary/aromatic N) is 1. The molecule has 0 saturated heterocycles. The molecule has 0 spiro atoms. The van der Waals surface area contributed by atoms with Crippen molar-refractivity contribution < 1.29 is 13.9 Å². The summed E-state index contributed by atoms with van der Waals surface area (Å²) in [5, 5.41) is 4.21. The summed E-state index contributed by atoms with van der Waals surface area (Å²) < 4.78 is 20.0. The summed E-state index contributed by atoms with van der Waals surface area (Å²) in [5.74, 6) is -0.197. The maximum Gasteiger partial charge on any atom is 0.415 e. The first-order chi connectivity index (χ1) is 17.1. The smallest absolute Gasteiger partial charge is 0.408 e. The highest BCUT2D eigenvalue weighted by Gasteiger charge is 2.22. The Morgan fingerprint density at radius 2 is 1.75 bits per heavy atom. The third kappa shape index (κ3) is 6.51. The van der Waals surface area contributed by atoms with Gasteiger partial charge in [0.05, 0.1) is 15.7 Å². The molecule has 0 bridgehead atoms. The third-order valence-corrected chi connectivity index (χ3v) is 7.12. The number of carbonyl (C=O) groups is 1. The summed E-state index contributed by atoms with van der Waals surface area (Å²) in [6.45, 7) is 7.99. The maximum absolute atomic E-state index is 14.3. The van der Waals surface area contributed by atoms with E-state index >= 15 is 0 Å². The number of amides is 1. The zero-order valence-corrected chi connectivity index (χ0v) is 22.3. The molecule has 0 aliphatic carbocycles. The minimum atomic E-state index is -0.532. The van der Waals surface area contributed by atoms with Crippen LogP contribution in [0.2, 0.25) is 10.0 Å². The summed E-state index contributed by atoms with van der Waals surface area (Å²) in [6, 6.07) is 16.5. The molecule has 3 aromatic rings. The van der Waals surface area contributed by atoms with Gasteiger partial charge in [0.1, 0.15) is 5.82 Å². The Labute approximate surface area is 222 Å². The molecule has 0 unspecified atom stereocenters. The number of benzene rings is 3. The van der Waals surface area contributed by atoms with Crippen LogP contribution in [0.25, 0.3) is 0 Å².